The normalized spacial score (nSPS) is 19.2. The molecule has 1 aliphatic carbocycles. The molecule has 1 saturated carbocycles. The van der Waals surface area contributed by atoms with Crippen LogP contribution in [0.1, 0.15) is 103 Å². The third kappa shape index (κ3) is 11.6. The first-order valence-corrected chi connectivity index (χ1v) is 30.0. The molecule has 1 aromatic carbocycles. The maximum absolute atomic E-state index is 13.6. The number of benzene rings is 1. The van der Waals surface area contributed by atoms with E-state index < -0.39 is 48.8 Å². The monoisotopic (exact) mass is 1020 g/mol. The molecule has 3 saturated heterocycles. The number of nitrogens with zero attached hydrogens (tertiary/aromatic N) is 8. The third-order valence-electron chi connectivity index (χ3n) is 14.7. The molecule has 2 unspecified atom stereocenters. The van der Waals surface area contributed by atoms with E-state index in [0.29, 0.717) is 44.2 Å². The van der Waals surface area contributed by atoms with Gasteiger partial charge in [-0.15, -0.1) is 0 Å². The van der Waals surface area contributed by atoms with Gasteiger partial charge < -0.3 is 39.2 Å². The maximum atomic E-state index is 13.6. The van der Waals surface area contributed by atoms with Crippen LogP contribution in [0, 0.1) is 5.41 Å². The predicted octanol–water partition coefficient (Wildman–Crippen LogP) is 8.44. The number of pyridine rings is 1. The van der Waals surface area contributed by atoms with E-state index in [4.69, 9.17) is 28.6 Å². The Kier molecular flexibility index (Phi) is 15.3. The van der Waals surface area contributed by atoms with Crippen LogP contribution in [0.2, 0.25) is 25.7 Å². The molecule has 19 heteroatoms. The van der Waals surface area contributed by atoms with Crippen molar-refractivity contribution in [1.29, 1.82) is 0 Å². The SMILES string of the molecule is CCn1c(-c2cc(N3CCN(C4CC4)CC3)cnc2[C@H](C)OC)c(CC(C)(C)CO)c2cc(-c3nc(C(C(NC(=O)OC(C)(C)C)C(=O)O)N4CC5(CCCN5C(=O)OCC[Si](C)(C)C)C4)ns3)ccc21. The summed E-state index contributed by atoms with van der Waals surface area (Å²) in [4.78, 5) is 59.2. The van der Waals surface area contributed by atoms with Crippen molar-refractivity contribution in [3.8, 4) is 21.8 Å². The standard InChI is InChI=1S/C52H77N9O8SSi/c1-12-60-40-17-14-34(26-37(40)39(28-51(6,7)32-62)43(60)38-27-36(29-53-41(38)33(2)67-8)58-22-20-57(21-23-58)35-15-16-35)46-55-45(56-70-46)44(42(47(63)64)54-48(65)69-50(3,4)5)59-30-52(31-59)18-13-19-61(52)49(66)68-24-25-71(9,10)11/h14,17,26-27,29,33,35,42,44,62H,12-13,15-16,18-25,28,30-32H2,1-11H3,(H,54,65)(H,63,64)/t33-,42?,44?/m0/s1. The van der Waals surface area contributed by atoms with Gasteiger partial charge in [-0.3, -0.25) is 19.7 Å². The van der Waals surface area contributed by atoms with Crippen LogP contribution in [0.15, 0.2) is 30.5 Å². The number of nitrogens with one attached hydrogen (secondary N) is 1. The van der Waals surface area contributed by atoms with Gasteiger partial charge in [-0.25, -0.2) is 19.4 Å². The highest BCUT2D eigenvalue weighted by Crippen LogP contribution is 2.45. The van der Waals surface area contributed by atoms with Gasteiger partial charge in [0.2, 0.25) is 0 Å². The lowest BCUT2D eigenvalue weighted by molar-refractivity contribution is -0.144. The summed E-state index contributed by atoms with van der Waals surface area (Å²) in [6, 6.07) is 7.68. The molecule has 1 spiro atoms. The number of anilines is 1. The van der Waals surface area contributed by atoms with Crippen molar-refractivity contribution in [2.24, 2.45) is 5.41 Å². The van der Waals surface area contributed by atoms with Crippen molar-refractivity contribution in [3.63, 3.8) is 0 Å². The molecule has 4 fully saturated rings. The lowest BCUT2D eigenvalue weighted by Gasteiger charge is -2.55. The minimum Gasteiger partial charge on any atom is -0.480 e. The number of carbonyl (C=O) groups excluding carboxylic acids is 2. The lowest BCUT2D eigenvalue weighted by Crippen LogP contribution is -2.71. The molecular weight excluding hydrogens is 939 g/mol. The molecule has 3 aromatic heterocycles. The highest BCUT2D eigenvalue weighted by molar-refractivity contribution is 7.09. The molecule has 3 N–H and O–H groups in total. The summed E-state index contributed by atoms with van der Waals surface area (Å²) in [6.07, 6.45) is 5.18. The summed E-state index contributed by atoms with van der Waals surface area (Å²) in [5, 5.41) is 25.8. The Hall–Kier alpha value is -4.66. The number of aliphatic hydroxyl groups is 1. The Balaban J connectivity index is 1.17. The zero-order valence-corrected chi connectivity index (χ0v) is 45.7. The number of carbonyl (C=O) groups is 3. The van der Waals surface area contributed by atoms with Crippen LogP contribution in [0.25, 0.3) is 32.7 Å². The van der Waals surface area contributed by atoms with Gasteiger partial charge in [0.25, 0.3) is 0 Å². The van der Waals surface area contributed by atoms with E-state index in [0.717, 1.165) is 95.8 Å². The van der Waals surface area contributed by atoms with Crippen LogP contribution in [0.3, 0.4) is 0 Å². The lowest BCUT2D eigenvalue weighted by atomic mass is 9.84. The highest BCUT2D eigenvalue weighted by atomic mass is 32.1. The molecule has 8 rings (SSSR count). The topological polar surface area (TPSA) is 188 Å². The Morgan fingerprint density at radius 1 is 1.03 bits per heavy atom. The number of methoxy groups -OCH3 is 1. The van der Waals surface area contributed by atoms with E-state index in [9.17, 15) is 24.6 Å². The van der Waals surface area contributed by atoms with Gasteiger partial charge in [-0.1, -0.05) is 33.5 Å². The minimum absolute atomic E-state index is 0.0195. The number of carboxylic acid groups (broad SMARTS) is 1. The summed E-state index contributed by atoms with van der Waals surface area (Å²) >= 11 is 1.17. The Morgan fingerprint density at radius 2 is 1.75 bits per heavy atom. The van der Waals surface area contributed by atoms with Crippen LogP contribution in [0.4, 0.5) is 15.3 Å². The number of ether oxygens (including phenoxy) is 3. The maximum Gasteiger partial charge on any atom is 0.410 e. The minimum atomic E-state index is -1.48. The molecule has 17 nitrogen and oxygen atoms in total. The predicted molar refractivity (Wildman–Crippen MR) is 280 cm³/mol. The number of rotatable bonds is 18. The van der Waals surface area contributed by atoms with E-state index in [2.05, 4.69) is 78.3 Å². The van der Waals surface area contributed by atoms with E-state index >= 15 is 0 Å². The van der Waals surface area contributed by atoms with Crippen molar-refractivity contribution >= 4 is 54.4 Å². The third-order valence-corrected chi connectivity index (χ3v) is 17.2. The van der Waals surface area contributed by atoms with Gasteiger partial charge >= 0.3 is 18.2 Å². The molecule has 3 aliphatic heterocycles. The van der Waals surface area contributed by atoms with Crippen LogP contribution < -0.4 is 10.2 Å². The fraction of sp³-hybridized carbons (Fsp3) is 0.654. The average molecular weight is 1020 g/mol. The zero-order chi connectivity index (χ0) is 51.2. The van der Waals surface area contributed by atoms with Gasteiger partial charge in [0.15, 0.2) is 11.9 Å². The first-order chi connectivity index (χ1) is 33.5. The van der Waals surface area contributed by atoms with Crippen molar-refractivity contribution in [2.75, 3.05) is 71.0 Å². The number of aliphatic carboxylic acids is 1. The summed E-state index contributed by atoms with van der Waals surface area (Å²) < 4.78 is 24.5. The van der Waals surface area contributed by atoms with Crippen LogP contribution in [0.5, 0.6) is 0 Å². The molecule has 2 amide bonds. The number of fused-ring (bicyclic) bond motifs is 1. The van der Waals surface area contributed by atoms with Crippen molar-refractivity contribution in [1.82, 2.24) is 38.9 Å². The van der Waals surface area contributed by atoms with Crippen molar-refractivity contribution in [2.45, 2.75) is 148 Å². The Bertz CT molecular complexity index is 2570. The van der Waals surface area contributed by atoms with E-state index in [-0.39, 0.29) is 24.6 Å². The number of piperazine rings is 1. The van der Waals surface area contributed by atoms with Gasteiger partial charge in [0.1, 0.15) is 16.7 Å². The number of hydrogen-bond donors (Lipinski definition) is 3. The molecule has 6 heterocycles. The molecule has 388 valence electrons. The number of likely N-dealkylation sites (tertiary alicyclic amines) is 2. The quantitative estimate of drug-likeness (QED) is 0.0806. The number of amides is 2. The second-order valence-electron chi connectivity index (χ2n) is 23.2. The second kappa shape index (κ2) is 20.7. The number of hydrogen-bond acceptors (Lipinski definition) is 14. The first kappa shape index (κ1) is 52.7. The number of aryl methyl sites for hydroxylation is 1. The molecule has 0 radical (unpaired) electrons. The number of aromatic nitrogens is 4. The van der Waals surface area contributed by atoms with Crippen LogP contribution in [-0.4, -0.2) is 159 Å². The van der Waals surface area contributed by atoms with Gasteiger partial charge in [-0.05, 0) is 120 Å². The van der Waals surface area contributed by atoms with E-state index in [1.54, 1.807) is 27.9 Å². The average Bonchev–Trinajstić information content (AvgIpc) is 3.73. The molecular formula is C52H77N9O8SSi. The van der Waals surface area contributed by atoms with Crippen LogP contribution in [-0.2, 0) is 32.0 Å². The Morgan fingerprint density at radius 3 is 2.37 bits per heavy atom. The van der Waals surface area contributed by atoms with Crippen molar-refractivity contribution in [3.05, 3.63) is 47.5 Å². The number of aliphatic hydroxyl groups excluding tert-OH is 1. The molecule has 0 bridgehead atoms. The largest absolute Gasteiger partial charge is 0.480 e. The smallest absolute Gasteiger partial charge is 0.410 e. The number of alkyl carbamates (subject to hydrolysis) is 1. The first-order valence-electron chi connectivity index (χ1n) is 25.6. The van der Waals surface area contributed by atoms with Gasteiger partial charge in [-0.2, -0.15) is 4.37 Å². The fourth-order valence-electron chi connectivity index (χ4n) is 10.6. The van der Waals surface area contributed by atoms with Crippen LogP contribution >= 0.6 is 11.5 Å². The Labute approximate surface area is 424 Å². The summed E-state index contributed by atoms with van der Waals surface area (Å²) in [5.41, 5.74) is 4.95. The molecule has 71 heavy (non-hydrogen) atoms. The molecule has 3 atom stereocenters. The fourth-order valence-corrected chi connectivity index (χ4v) is 12.1. The van der Waals surface area contributed by atoms with Gasteiger partial charge in [0.05, 0.1) is 41.5 Å². The summed E-state index contributed by atoms with van der Waals surface area (Å²) in [7, 11) is 0.279. The van der Waals surface area contributed by atoms with Crippen molar-refractivity contribution < 1.29 is 38.8 Å². The van der Waals surface area contributed by atoms with E-state index in [1.165, 1.54) is 24.4 Å². The summed E-state index contributed by atoms with van der Waals surface area (Å²) in [6.45, 7) is 26.4. The molecule has 4 aliphatic rings. The zero-order valence-electron chi connectivity index (χ0n) is 43.8. The summed E-state index contributed by atoms with van der Waals surface area (Å²) in [5.74, 6) is -1.02. The number of carboxylic acids is 1. The highest BCUT2D eigenvalue weighted by Gasteiger charge is 2.57. The second-order valence-corrected chi connectivity index (χ2v) is 29.6. The van der Waals surface area contributed by atoms with E-state index in [1.807, 2.05) is 29.0 Å². The molecule has 4 aromatic rings. The van der Waals surface area contributed by atoms with Gasteiger partial charge in [0, 0.05) is 102 Å².